The van der Waals surface area contributed by atoms with Gasteiger partial charge in [0.1, 0.15) is 6.10 Å². The zero-order valence-corrected chi connectivity index (χ0v) is 9.11. The number of cyclic esters (lactones) is 1. The fourth-order valence-electron chi connectivity index (χ4n) is 1.21. The predicted octanol–water partition coefficient (Wildman–Crippen LogP) is 2.33. The quantitative estimate of drug-likeness (QED) is 0.594. The average Bonchev–Trinajstić information content (AvgIpc) is 2.31. The summed E-state index contributed by atoms with van der Waals surface area (Å²) in [4.78, 5) is 10.6. The van der Waals surface area contributed by atoms with E-state index in [-0.39, 0.29) is 12.1 Å². The summed E-state index contributed by atoms with van der Waals surface area (Å²) >= 11 is 1.75. The SMILES string of the molecule is CCC1OC(=O)CC1C.CSC. The Balaban J connectivity index is 0.000000354. The first-order chi connectivity index (χ1) is 5.65. The Kier molecular flexibility index (Phi) is 6.25. The Bertz CT molecular complexity index is 136. The van der Waals surface area contributed by atoms with E-state index in [0.29, 0.717) is 12.3 Å². The second-order valence-electron chi connectivity index (χ2n) is 3.03. The summed E-state index contributed by atoms with van der Waals surface area (Å²) in [7, 11) is 0. The Morgan fingerprint density at radius 3 is 2.25 bits per heavy atom. The van der Waals surface area contributed by atoms with Crippen LogP contribution in [0.3, 0.4) is 0 Å². The Morgan fingerprint density at radius 1 is 1.58 bits per heavy atom. The second kappa shape index (κ2) is 6.35. The summed E-state index contributed by atoms with van der Waals surface area (Å²) in [5, 5.41) is 0. The van der Waals surface area contributed by atoms with E-state index in [4.69, 9.17) is 4.74 Å². The lowest BCUT2D eigenvalue weighted by Gasteiger charge is -2.08. The lowest BCUT2D eigenvalue weighted by Crippen LogP contribution is -2.10. The zero-order chi connectivity index (χ0) is 9.56. The summed E-state index contributed by atoms with van der Waals surface area (Å²) in [5.41, 5.74) is 0. The summed E-state index contributed by atoms with van der Waals surface area (Å²) in [5.74, 6) is 0.400. The standard InChI is InChI=1S/C7H12O2.C2H6S/c1-3-6-5(2)4-7(8)9-6;1-3-2/h5-6H,3-4H2,1-2H3;1-2H3. The molecule has 1 rings (SSSR count). The van der Waals surface area contributed by atoms with Crippen molar-refractivity contribution < 1.29 is 9.53 Å². The van der Waals surface area contributed by atoms with Crippen LogP contribution in [0.1, 0.15) is 26.7 Å². The van der Waals surface area contributed by atoms with Crippen LogP contribution in [0, 0.1) is 5.92 Å². The van der Waals surface area contributed by atoms with E-state index in [0.717, 1.165) is 6.42 Å². The zero-order valence-electron chi connectivity index (χ0n) is 8.29. The molecule has 1 fully saturated rings. The molecule has 1 aliphatic heterocycles. The van der Waals surface area contributed by atoms with Gasteiger partial charge in [-0.3, -0.25) is 4.79 Å². The maximum absolute atomic E-state index is 10.6. The van der Waals surface area contributed by atoms with Crippen molar-refractivity contribution in [2.75, 3.05) is 12.5 Å². The van der Waals surface area contributed by atoms with Crippen LogP contribution < -0.4 is 0 Å². The number of ether oxygens (including phenoxy) is 1. The molecule has 0 amide bonds. The first-order valence-electron chi connectivity index (χ1n) is 4.25. The molecule has 2 atom stereocenters. The van der Waals surface area contributed by atoms with Crippen molar-refractivity contribution in [1.29, 1.82) is 0 Å². The maximum atomic E-state index is 10.6. The van der Waals surface area contributed by atoms with Gasteiger partial charge in [-0.1, -0.05) is 13.8 Å². The molecule has 0 aromatic rings. The molecule has 0 aromatic heterocycles. The minimum Gasteiger partial charge on any atom is -0.462 e. The van der Waals surface area contributed by atoms with E-state index in [1.54, 1.807) is 11.8 Å². The van der Waals surface area contributed by atoms with Crippen LogP contribution in [0.5, 0.6) is 0 Å². The first kappa shape index (κ1) is 11.8. The van der Waals surface area contributed by atoms with Gasteiger partial charge in [0.05, 0.1) is 6.42 Å². The first-order valence-corrected chi connectivity index (χ1v) is 5.88. The van der Waals surface area contributed by atoms with Crippen molar-refractivity contribution >= 4 is 17.7 Å². The molecule has 1 heterocycles. The van der Waals surface area contributed by atoms with Gasteiger partial charge in [0.25, 0.3) is 0 Å². The van der Waals surface area contributed by atoms with Crippen LogP contribution in [-0.4, -0.2) is 24.6 Å². The van der Waals surface area contributed by atoms with Crippen molar-refractivity contribution in [2.45, 2.75) is 32.8 Å². The van der Waals surface area contributed by atoms with E-state index < -0.39 is 0 Å². The molecule has 0 saturated carbocycles. The van der Waals surface area contributed by atoms with Crippen molar-refractivity contribution in [2.24, 2.45) is 5.92 Å². The number of esters is 1. The van der Waals surface area contributed by atoms with E-state index >= 15 is 0 Å². The fraction of sp³-hybridized carbons (Fsp3) is 0.889. The van der Waals surface area contributed by atoms with Gasteiger partial charge >= 0.3 is 5.97 Å². The number of thioether (sulfide) groups is 1. The van der Waals surface area contributed by atoms with Crippen LogP contribution in [0.2, 0.25) is 0 Å². The van der Waals surface area contributed by atoms with Crippen LogP contribution in [-0.2, 0) is 9.53 Å². The highest BCUT2D eigenvalue weighted by molar-refractivity contribution is 7.97. The molecule has 12 heavy (non-hydrogen) atoms. The molecular formula is C9H18O2S. The van der Waals surface area contributed by atoms with Gasteiger partial charge in [0, 0.05) is 5.92 Å². The highest BCUT2D eigenvalue weighted by Gasteiger charge is 2.29. The molecular weight excluding hydrogens is 172 g/mol. The van der Waals surface area contributed by atoms with Crippen LogP contribution in [0.4, 0.5) is 0 Å². The lowest BCUT2D eigenvalue weighted by atomic mass is 10.0. The van der Waals surface area contributed by atoms with Crippen LogP contribution >= 0.6 is 11.8 Å². The third-order valence-electron chi connectivity index (χ3n) is 1.81. The molecule has 2 unspecified atom stereocenters. The minimum absolute atomic E-state index is 0.0330. The molecule has 0 N–H and O–H groups in total. The normalized spacial score (nSPS) is 27.5. The number of rotatable bonds is 1. The third kappa shape index (κ3) is 4.00. The summed E-state index contributed by atoms with van der Waals surface area (Å²) in [6.07, 6.45) is 5.84. The number of carbonyl (C=O) groups is 1. The lowest BCUT2D eigenvalue weighted by molar-refractivity contribution is -0.141. The van der Waals surface area contributed by atoms with E-state index in [9.17, 15) is 4.79 Å². The predicted molar refractivity (Wildman–Crippen MR) is 53.4 cm³/mol. The van der Waals surface area contributed by atoms with Crippen LogP contribution in [0.25, 0.3) is 0 Å². The highest BCUT2D eigenvalue weighted by Crippen LogP contribution is 2.23. The molecule has 1 aliphatic rings. The van der Waals surface area contributed by atoms with E-state index in [2.05, 4.69) is 6.92 Å². The largest absolute Gasteiger partial charge is 0.462 e. The molecule has 0 bridgehead atoms. The topological polar surface area (TPSA) is 26.3 Å². The molecule has 0 spiro atoms. The molecule has 0 radical (unpaired) electrons. The Labute approximate surface area is 79.1 Å². The number of hydrogen-bond acceptors (Lipinski definition) is 3. The fourth-order valence-corrected chi connectivity index (χ4v) is 1.21. The molecule has 0 aromatic carbocycles. The monoisotopic (exact) mass is 190 g/mol. The van der Waals surface area contributed by atoms with Crippen molar-refractivity contribution in [3.8, 4) is 0 Å². The third-order valence-corrected chi connectivity index (χ3v) is 1.81. The average molecular weight is 190 g/mol. The van der Waals surface area contributed by atoms with E-state index in [1.807, 2.05) is 19.4 Å². The number of carbonyl (C=O) groups excluding carboxylic acids is 1. The molecule has 3 heteroatoms. The Morgan fingerprint density at radius 2 is 2.08 bits per heavy atom. The summed E-state index contributed by atoms with van der Waals surface area (Å²) < 4.78 is 4.98. The maximum Gasteiger partial charge on any atom is 0.306 e. The van der Waals surface area contributed by atoms with Gasteiger partial charge < -0.3 is 4.74 Å². The molecule has 2 nitrogen and oxygen atoms in total. The molecule has 0 aliphatic carbocycles. The van der Waals surface area contributed by atoms with Gasteiger partial charge in [-0.05, 0) is 18.9 Å². The summed E-state index contributed by atoms with van der Waals surface area (Å²) in [6.45, 7) is 4.10. The van der Waals surface area contributed by atoms with Gasteiger partial charge in [-0.2, -0.15) is 11.8 Å². The highest BCUT2D eigenvalue weighted by atomic mass is 32.2. The summed E-state index contributed by atoms with van der Waals surface area (Å²) in [6, 6.07) is 0. The van der Waals surface area contributed by atoms with E-state index in [1.165, 1.54) is 0 Å². The van der Waals surface area contributed by atoms with Crippen molar-refractivity contribution in [3.63, 3.8) is 0 Å². The van der Waals surface area contributed by atoms with Gasteiger partial charge in [-0.25, -0.2) is 0 Å². The van der Waals surface area contributed by atoms with Gasteiger partial charge in [0.2, 0.25) is 0 Å². The smallest absolute Gasteiger partial charge is 0.306 e. The van der Waals surface area contributed by atoms with Crippen LogP contribution in [0.15, 0.2) is 0 Å². The molecule has 1 saturated heterocycles. The van der Waals surface area contributed by atoms with Gasteiger partial charge in [0.15, 0.2) is 0 Å². The van der Waals surface area contributed by atoms with Gasteiger partial charge in [-0.15, -0.1) is 0 Å². The minimum atomic E-state index is -0.0330. The second-order valence-corrected chi connectivity index (χ2v) is 3.84. The molecule has 72 valence electrons. The van der Waals surface area contributed by atoms with Crippen molar-refractivity contribution in [1.82, 2.24) is 0 Å². The Hall–Kier alpha value is -0.180. The number of hydrogen-bond donors (Lipinski definition) is 0. The van der Waals surface area contributed by atoms with Crippen molar-refractivity contribution in [3.05, 3.63) is 0 Å².